The Balaban J connectivity index is 2.36. The number of carbonyl (C=O) groups is 1. The molecule has 0 fully saturated rings. The number of hydrogen-bond donors (Lipinski definition) is 2. The highest BCUT2D eigenvalue weighted by atomic mass is 16.4. The molecule has 0 aliphatic carbocycles. The fourth-order valence-corrected chi connectivity index (χ4v) is 1.61. The summed E-state index contributed by atoms with van der Waals surface area (Å²) in [7, 11) is 4.13. The molecule has 0 radical (unpaired) electrons. The van der Waals surface area contributed by atoms with Crippen LogP contribution in [0.15, 0.2) is 24.3 Å². The maximum absolute atomic E-state index is 10.7. The Kier molecular flexibility index (Phi) is 5.82. The molecule has 0 heterocycles. The van der Waals surface area contributed by atoms with Crippen LogP contribution in [0.5, 0.6) is 0 Å². The van der Waals surface area contributed by atoms with Gasteiger partial charge in [-0.15, -0.1) is 0 Å². The van der Waals surface area contributed by atoms with Crippen LogP contribution in [0, 0.1) is 0 Å². The first kappa shape index (κ1) is 14.7. The molecule has 1 atom stereocenters. The molecule has 18 heavy (non-hydrogen) atoms. The van der Waals surface area contributed by atoms with Gasteiger partial charge in [0.2, 0.25) is 0 Å². The van der Waals surface area contributed by atoms with Crippen molar-refractivity contribution in [3.63, 3.8) is 0 Å². The molecule has 4 heteroatoms. The summed E-state index contributed by atoms with van der Waals surface area (Å²) >= 11 is 0. The molecule has 0 saturated carbocycles. The van der Waals surface area contributed by atoms with E-state index in [1.807, 2.05) is 12.1 Å². The number of rotatable bonds is 7. The first-order valence-electron chi connectivity index (χ1n) is 6.19. The van der Waals surface area contributed by atoms with Crippen molar-refractivity contribution in [3.05, 3.63) is 35.4 Å². The van der Waals surface area contributed by atoms with Crippen molar-refractivity contribution >= 4 is 5.97 Å². The fraction of sp³-hybridized carbons (Fsp3) is 0.500. The highest BCUT2D eigenvalue weighted by Gasteiger charge is 2.04. The van der Waals surface area contributed by atoms with E-state index in [4.69, 9.17) is 5.11 Å². The van der Waals surface area contributed by atoms with Crippen molar-refractivity contribution < 1.29 is 9.90 Å². The van der Waals surface area contributed by atoms with Gasteiger partial charge >= 0.3 is 5.97 Å². The molecule has 0 bridgehead atoms. The van der Waals surface area contributed by atoms with Crippen molar-refractivity contribution in [2.24, 2.45) is 0 Å². The zero-order valence-corrected chi connectivity index (χ0v) is 11.3. The summed E-state index contributed by atoms with van der Waals surface area (Å²) < 4.78 is 0. The summed E-state index contributed by atoms with van der Waals surface area (Å²) in [5.74, 6) is -0.881. The van der Waals surface area contributed by atoms with E-state index in [1.165, 1.54) is 0 Å². The van der Waals surface area contributed by atoms with E-state index in [2.05, 4.69) is 31.2 Å². The second-order valence-corrected chi connectivity index (χ2v) is 4.88. The van der Waals surface area contributed by atoms with E-state index >= 15 is 0 Å². The Morgan fingerprint density at radius 2 is 1.94 bits per heavy atom. The van der Waals surface area contributed by atoms with Gasteiger partial charge in [0.15, 0.2) is 0 Å². The van der Waals surface area contributed by atoms with Crippen LogP contribution < -0.4 is 5.32 Å². The molecule has 0 saturated heterocycles. The second kappa shape index (κ2) is 7.13. The molecule has 2 N–H and O–H groups in total. The van der Waals surface area contributed by atoms with Gasteiger partial charge in [-0.05, 0) is 51.7 Å². The molecule has 0 aliphatic heterocycles. The first-order valence-corrected chi connectivity index (χ1v) is 6.19. The topological polar surface area (TPSA) is 52.6 Å². The average Bonchev–Trinajstić information content (AvgIpc) is 2.34. The van der Waals surface area contributed by atoms with Gasteiger partial charge < -0.3 is 15.3 Å². The quantitative estimate of drug-likeness (QED) is 0.775. The SMILES string of the molecule is CC(CCN(C)C)NCc1ccc(C(=O)O)cc1. The smallest absolute Gasteiger partial charge is 0.335 e. The van der Waals surface area contributed by atoms with E-state index < -0.39 is 5.97 Å². The van der Waals surface area contributed by atoms with Crippen LogP contribution >= 0.6 is 0 Å². The van der Waals surface area contributed by atoms with Crippen LogP contribution in [0.1, 0.15) is 29.3 Å². The van der Waals surface area contributed by atoms with Crippen LogP contribution in [-0.4, -0.2) is 42.7 Å². The normalized spacial score (nSPS) is 12.7. The van der Waals surface area contributed by atoms with Gasteiger partial charge in [-0.1, -0.05) is 12.1 Å². The first-order chi connectivity index (χ1) is 8.49. The number of hydrogen-bond acceptors (Lipinski definition) is 3. The maximum Gasteiger partial charge on any atom is 0.335 e. The Hall–Kier alpha value is -1.39. The summed E-state index contributed by atoms with van der Waals surface area (Å²) in [6, 6.07) is 7.45. The van der Waals surface area contributed by atoms with E-state index in [0.29, 0.717) is 11.6 Å². The minimum absolute atomic E-state index is 0.333. The summed E-state index contributed by atoms with van der Waals surface area (Å²) in [6.45, 7) is 4.00. The van der Waals surface area contributed by atoms with Crippen LogP contribution in [0.25, 0.3) is 0 Å². The number of nitrogens with zero attached hydrogens (tertiary/aromatic N) is 1. The standard InChI is InChI=1S/C14H22N2O2/c1-11(8-9-16(2)3)15-10-12-4-6-13(7-5-12)14(17)18/h4-7,11,15H,8-10H2,1-3H3,(H,17,18). The molecule has 0 amide bonds. The lowest BCUT2D eigenvalue weighted by atomic mass is 10.1. The predicted octanol–water partition coefficient (Wildman–Crippen LogP) is 1.81. The van der Waals surface area contributed by atoms with Crippen molar-refractivity contribution in [1.82, 2.24) is 10.2 Å². The van der Waals surface area contributed by atoms with E-state index in [0.717, 1.165) is 25.1 Å². The van der Waals surface area contributed by atoms with Gasteiger partial charge in [-0.25, -0.2) is 4.79 Å². The van der Waals surface area contributed by atoms with Gasteiger partial charge in [0, 0.05) is 12.6 Å². The minimum Gasteiger partial charge on any atom is -0.478 e. The van der Waals surface area contributed by atoms with Crippen LogP contribution in [-0.2, 0) is 6.54 Å². The molecule has 4 nitrogen and oxygen atoms in total. The Bertz CT molecular complexity index is 374. The number of carboxylic acids is 1. The molecule has 1 aromatic carbocycles. The third-order valence-corrected chi connectivity index (χ3v) is 2.86. The molecule has 1 rings (SSSR count). The zero-order chi connectivity index (χ0) is 13.5. The largest absolute Gasteiger partial charge is 0.478 e. The van der Waals surface area contributed by atoms with E-state index in [-0.39, 0.29) is 0 Å². The van der Waals surface area contributed by atoms with Crippen LogP contribution in [0.2, 0.25) is 0 Å². The Morgan fingerprint density at radius 3 is 2.44 bits per heavy atom. The summed E-state index contributed by atoms with van der Waals surface area (Å²) in [5, 5.41) is 12.2. The fourth-order valence-electron chi connectivity index (χ4n) is 1.61. The molecule has 0 spiro atoms. The van der Waals surface area contributed by atoms with Crippen LogP contribution in [0.3, 0.4) is 0 Å². The monoisotopic (exact) mass is 250 g/mol. The zero-order valence-electron chi connectivity index (χ0n) is 11.3. The van der Waals surface area contributed by atoms with Gasteiger partial charge in [0.05, 0.1) is 5.56 Å². The number of nitrogens with one attached hydrogen (secondary N) is 1. The van der Waals surface area contributed by atoms with Crippen molar-refractivity contribution in [2.45, 2.75) is 25.9 Å². The summed E-state index contributed by atoms with van der Waals surface area (Å²) in [5.41, 5.74) is 1.44. The molecule has 1 unspecified atom stereocenters. The van der Waals surface area contributed by atoms with Gasteiger partial charge in [0.1, 0.15) is 0 Å². The summed E-state index contributed by atoms with van der Waals surface area (Å²) in [6.07, 6.45) is 1.10. The van der Waals surface area contributed by atoms with Gasteiger partial charge in [-0.2, -0.15) is 0 Å². The molecular weight excluding hydrogens is 228 g/mol. The molecule has 1 aromatic rings. The second-order valence-electron chi connectivity index (χ2n) is 4.88. The molecule has 100 valence electrons. The van der Waals surface area contributed by atoms with Crippen molar-refractivity contribution in [2.75, 3.05) is 20.6 Å². The number of benzene rings is 1. The van der Waals surface area contributed by atoms with Gasteiger partial charge in [-0.3, -0.25) is 0 Å². The number of carboxylic acid groups (broad SMARTS) is 1. The average molecular weight is 250 g/mol. The van der Waals surface area contributed by atoms with E-state index in [9.17, 15) is 4.79 Å². The van der Waals surface area contributed by atoms with Gasteiger partial charge in [0.25, 0.3) is 0 Å². The highest BCUT2D eigenvalue weighted by Crippen LogP contribution is 2.05. The Morgan fingerprint density at radius 1 is 1.33 bits per heavy atom. The van der Waals surface area contributed by atoms with Crippen molar-refractivity contribution in [1.29, 1.82) is 0 Å². The van der Waals surface area contributed by atoms with E-state index in [1.54, 1.807) is 12.1 Å². The Labute approximate surface area is 109 Å². The highest BCUT2D eigenvalue weighted by molar-refractivity contribution is 5.87. The predicted molar refractivity (Wildman–Crippen MR) is 72.9 cm³/mol. The lowest BCUT2D eigenvalue weighted by Gasteiger charge is -2.16. The lowest BCUT2D eigenvalue weighted by molar-refractivity contribution is 0.0697. The third kappa shape index (κ3) is 5.29. The van der Waals surface area contributed by atoms with Crippen LogP contribution in [0.4, 0.5) is 0 Å². The number of aromatic carboxylic acids is 1. The maximum atomic E-state index is 10.7. The van der Waals surface area contributed by atoms with Crippen molar-refractivity contribution in [3.8, 4) is 0 Å². The molecule has 0 aromatic heterocycles. The lowest BCUT2D eigenvalue weighted by Crippen LogP contribution is -2.29. The third-order valence-electron chi connectivity index (χ3n) is 2.86. The molecular formula is C14H22N2O2. The summed E-state index contributed by atoms with van der Waals surface area (Å²) in [4.78, 5) is 12.9. The molecule has 0 aliphatic rings. The minimum atomic E-state index is -0.881.